The molecule has 9 heteroatoms. The first-order valence-electron chi connectivity index (χ1n) is 11.7. The van der Waals surface area contributed by atoms with Crippen LogP contribution in [0.15, 0.2) is 53.5 Å². The Morgan fingerprint density at radius 2 is 1.19 bits per heavy atom. The Balaban J connectivity index is 2.19. The molecule has 0 aliphatic heterocycles. The Morgan fingerprint density at radius 3 is 1.61 bits per heavy atom. The molecule has 2 rings (SSSR count). The van der Waals surface area contributed by atoms with Gasteiger partial charge in [-0.25, -0.2) is 0 Å². The van der Waals surface area contributed by atoms with Crippen molar-refractivity contribution >= 4 is 17.9 Å². The number of rotatable bonds is 8. The molecule has 0 amide bonds. The fraction of sp³-hybridized carbons (Fsp3) is 0.444. The Bertz CT molecular complexity index is 1050. The van der Waals surface area contributed by atoms with Crippen molar-refractivity contribution in [2.75, 3.05) is 13.1 Å². The summed E-state index contributed by atoms with van der Waals surface area (Å²) in [6.45, 7) is 10.8. The van der Waals surface area contributed by atoms with Crippen LogP contribution >= 0.6 is 0 Å². The molecule has 2 aromatic rings. The molecule has 2 atom stereocenters. The number of guanidine groups is 1. The first kappa shape index (κ1) is 28.5. The lowest BCUT2D eigenvalue weighted by molar-refractivity contribution is -0.157. The van der Waals surface area contributed by atoms with Crippen LogP contribution < -0.4 is 11.1 Å². The van der Waals surface area contributed by atoms with E-state index in [1.807, 2.05) is 0 Å². The third kappa shape index (κ3) is 9.48. The minimum absolute atomic E-state index is 0.00512. The maximum atomic E-state index is 12.9. The van der Waals surface area contributed by atoms with Crippen LogP contribution in [0.1, 0.15) is 64.5 Å². The fourth-order valence-electron chi connectivity index (χ4n) is 3.26. The van der Waals surface area contributed by atoms with Gasteiger partial charge in [0.25, 0.3) is 0 Å². The molecule has 5 N–H and O–H groups in total. The molecule has 0 saturated carbocycles. The summed E-state index contributed by atoms with van der Waals surface area (Å²) in [6, 6.07) is 12.5. The molecule has 0 bridgehead atoms. The summed E-state index contributed by atoms with van der Waals surface area (Å²) in [5, 5.41) is 22.1. The lowest BCUT2D eigenvalue weighted by Crippen LogP contribution is -2.39. The highest BCUT2D eigenvalue weighted by molar-refractivity contribution is 5.83. The van der Waals surface area contributed by atoms with Crippen molar-refractivity contribution in [1.82, 2.24) is 5.32 Å². The van der Waals surface area contributed by atoms with Gasteiger partial charge >= 0.3 is 11.9 Å². The zero-order valence-electron chi connectivity index (χ0n) is 21.7. The molecular formula is C27H37N3O6. The van der Waals surface area contributed by atoms with Crippen LogP contribution in [0.25, 0.3) is 0 Å². The van der Waals surface area contributed by atoms with Crippen molar-refractivity contribution in [2.45, 2.75) is 64.6 Å². The SMILES string of the molecule is CC(C)(C)OC(=O)C(CN=C(N)NCC(C(=O)OC(C)(C)C)c1ccc(O)cc1)c1ccc(O)cc1. The number of phenols is 2. The molecule has 36 heavy (non-hydrogen) atoms. The van der Waals surface area contributed by atoms with Crippen LogP contribution in [0.3, 0.4) is 0 Å². The first-order chi connectivity index (χ1) is 16.6. The first-order valence-corrected chi connectivity index (χ1v) is 11.7. The van der Waals surface area contributed by atoms with Gasteiger partial charge in [0.15, 0.2) is 5.96 Å². The number of aliphatic imine (C=N–C) groups is 1. The van der Waals surface area contributed by atoms with E-state index >= 15 is 0 Å². The van der Waals surface area contributed by atoms with Crippen LogP contribution in [0.4, 0.5) is 0 Å². The maximum Gasteiger partial charge on any atom is 0.315 e. The largest absolute Gasteiger partial charge is 0.508 e. The third-order valence-electron chi connectivity index (χ3n) is 4.91. The monoisotopic (exact) mass is 499 g/mol. The summed E-state index contributed by atoms with van der Waals surface area (Å²) in [5.41, 5.74) is 5.97. The number of ether oxygens (including phenoxy) is 2. The molecule has 0 aliphatic rings. The summed E-state index contributed by atoms with van der Waals surface area (Å²) in [7, 11) is 0. The third-order valence-corrected chi connectivity index (χ3v) is 4.91. The molecule has 0 fully saturated rings. The number of carbonyl (C=O) groups excluding carboxylic acids is 2. The normalized spacial score (nSPS) is 14.0. The number of hydrogen-bond acceptors (Lipinski definition) is 7. The molecule has 0 aliphatic carbocycles. The molecule has 0 radical (unpaired) electrons. The lowest BCUT2D eigenvalue weighted by atomic mass is 9.98. The molecule has 196 valence electrons. The molecule has 2 unspecified atom stereocenters. The summed E-state index contributed by atoms with van der Waals surface area (Å²) in [6.07, 6.45) is 0. The summed E-state index contributed by atoms with van der Waals surface area (Å²) in [5.74, 6) is -2.19. The van der Waals surface area contributed by atoms with Crippen molar-refractivity contribution in [2.24, 2.45) is 10.7 Å². The van der Waals surface area contributed by atoms with E-state index in [0.717, 1.165) is 0 Å². The van der Waals surface area contributed by atoms with Crippen molar-refractivity contribution in [3.63, 3.8) is 0 Å². The van der Waals surface area contributed by atoms with Gasteiger partial charge in [-0.15, -0.1) is 0 Å². The van der Waals surface area contributed by atoms with Crippen molar-refractivity contribution in [3.8, 4) is 11.5 Å². The van der Waals surface area contributed by atoms with Gasteiger partial charge < -0.3 is 30.7 Å². The van der Waals surface area contributed by atoms with Gasteiger partial charge in [-0.1, -0.05) is 24.3 Å². The maximum absolute atomic E-state index is 12.9. The average molecular weight is 500 g/mol. The average Bonchev–Trinajstić information content (AvgIpc) is 2.74. The van der Waals surface area contributed by atoms with Gasteiger partial charge in [0.05, 0.1) is 12.5 Å². The number of nitrogens with zero attached hydrogens (tertiary/aromatic N) is 1. The van der Waals surface area contributed by atoms with Crippen LogP contribution in [-0.4, -0.2) is 52.4 Å². The number of nitrogens with one attached hydrogen (secondary N) is 1. The second-order valence-corrected chi connectivity index (χ2v) is 10.5. The summed E-state index contributed by atoms with van der Waals surface area (Å²) >= 11 is 0. The fourth-order valence-corrected chi connectivity index (χ4v) is 3.26. The van der Waals surface area contributed by atoms with Gasteiger partial charge in [0.2, 0.25) is 0 Å². The predicted molar refractivity (Wildman–Crippen MR) is 138 cm³/mol. The molecule has 2 aromatic carbocycles. The van der Waals surface area contributed by atoms with Crippen LogP contribution in [0.2, 0.25) is 0 Å². The van der Waals surface area contributed by atoms with Crippen molar-refractivity contribution in [1.29, 1.82) is 0 Å². The highest BCUT2D eigenvalue weighted by Gasteiger charge is 2.28. The Kier molecular flexibility index (Phi) is 9.33. The predicted octanol–water partition coefficient (Wildman–Crippen LogP) is 3.55. The summed E-state index contributed by atoms with van der Waals surface area (Å²) in [4.78, 5) is 30.0. The molecule has 0 heterocycles. The van der Waals surface area contributed by atoms with Gasteiger partial charge in [0.1, 0.15) is 28.6 Å². The molecule has 0 aromatic heterocycles. The number of aromatic hydroxyl groups is 2. The number of esters is 2. The lowest BCUT2D eigenvalue weighted by Gasteiger charge is -2.25. The number of hydrogen-bond donors (Lipinski definition) is 4. The van der Waals surface area contributed by atoms with Crippen LogP contribution in [0.5, 0.6) is 11.5 Å². The van der Waals surface area contributed by atoms with E-state index < -0.39 is 35.0 Å². The minimum Gasteiger partial charge on any atom is -0.508 e. The standard InChI is InChI=1S/C27H37N3O6/c1-26(2,3)35-23(33)21(17-7-11-19(31)12-8-17)15-29-25(28)30-16-22(24(34)36-27(4,5)6)18-9-13-20(32)14-10-18/h7-14,21-22,31-32H,15-16H2,1-6H3,(H3,28,29,30). The Labute approximate surface area is 212 Å². The second-order valence-electron chi connectivity index (χ2n) is 10.5. The van der Waals surface area contributed by atoms with Gasteiger partial charge in [-0.2, -0.15) is 0 Å². The summed E-state index contributed by atoms with van der Waals surface area (Å²) < 4.78 is 11.1. The Hall–Kier alpha value is -3.75. The van der Waals surface area contributed by atoms with E-state index in [1.165, 1.54) is 24.3 Å². The molecule has 9 nitrogen and oxygen atoms in total. The van der Waals surface area contributed by atoms with Gasteiger partial charge in [-0.05, 0) is 76.9 Å². The van der Waals surface area contributed by atoms with Gasteiger partial charge in [-0.3, -0.25) is 14.6 Å². The zero-order valence-corrected chi connectivity index (χ0v) is 21.7. The number of carbonyl (C=O) groups is 2. The van der Waals surface area contributed by atoms with Gasteiger partial charge in [0, 0.05) is 6.54 Å². The highest BCUT2D eigenvalue weighted by atomic mass is 16.6. The molecule has 0 spiro atoms. The van der Waals surface area contributed by atoms with Crippen LogP contribution in [0, 0.1) is 0 Å². The van der Waals surface area contributed by atoms with E-state index in [9.17, 15) is 19.8 Å². The van der Waals surface area contributed by atoms with E-state index in [2.05, 4.69) is 10.3 Å². The topological polar surface area (TPSA) is 143 Å². The van der Waals surface area contributed by atoms with E-state index in [0.29, 0.717) is 11.1 Å². The van der Waals surface area contributed by atoms with E-state index in [-0.39, 0.29) is 30.5 Å². The zero-order chi connectivity index (χ0) is 27.1. The van der Waals surface area contributed by atoms with E-state index in [1.54, 1.807) is 65.8 Å². The quantitative estimate of drug-likeness (QED) is 0.245. The molecule has 0 saturated heterocycles. The number of phenolic OH excluding ortho intramolecular Hbond substituents is 2. The smallest absolute Gasteiger partial charge is 0.315 e. The number of benzene rings is 2. The Morgan fingerprint density at radius 1 is 0.806 bits per heavy atom. The van der Waals surface area contributed by atoms with E-state index in [4.69, 9.17) is 15.2 Å². The molecular weight excluding hydrogens is 462 g/mol. The van der Waals surface area contributed by atoms with Crippen LogP contribution in [-0.2, 0) is 19.1 Å². The van der Waals surface area contributed by atoms with Crippen molar-refractivity contribution < 1.29 is 29.3 Å². The second kappa shape index (κ2) is 11.8. The highest BCUT2D eigenvalue weighted by Crippen LogP contribution is 2.24. The van der Waals surface area contributed by atoms with Crippen molar-refractivity contribution in [3.05, 3.63) is 59.7 Å². The minimum atomic E-state index is -0.746. The number of nitrogens with two attached hydrogens (primary N) is 1.